The second-order valence-corrected chi connectivity index (χ2v) is 18.8. The Hall–Kier alpha value is -7.30. The van der Waals surface area contributed by atoms with E-state index >= 15 is 0 Å². The van der Waals surface area contributed by atoms with Gasteiger partial charge in [0, 0.05) is 73.1 Å². The topological polar surface area (TPSA) is 188 Å². The van der Waals surface area contributed by atoms with Crippen molar-refractivity contribution in [2.45, 2.75) is 95.6 Å². The van der Waals surface area contributed by atoms with Crippen molar-refractivity contribution in [1.82, 2.24) is 29.7 Å². The van der Waals surface area contributed by atoms with E-state index in [1.54, 1.807) is 54.0 Å². The zero-order chi connectivity index (χ0) is 50.7. The molecule has 6 heterocycles. The van der Waals surface area contributed by atoms with Gasteiger partial charge in [-0.3, -0.25) is 39.0 Å². The van der Waals surface area contributed by atoms with E-state index in [4.69, 9.17) is 21.4 Å². The minimum atomic E-state index is -4.63. The number of anilines is 3. The lowest BCUT2D eigenvalue weighted by atomic mass is 10.0. The Morgan fingerprint density at radius 3 is 2.38 bits per heavy atom. The Morgan fingerprint density at radius 2 is 1.62 bits per heavy atom. The Morgan fingerprint density at radius 1 is 0.875 bits per heavy atom. The predicted octanol–water partition coefficient (Wildman–Crippen LogP) is 7.41. The van der Waals surface area contributed by atoms with Gasteiger partial charge >= 0.3 is 6.18 Å². The number of carbonyl (C=O) groups excluding carboxylic acids is 6. The number of likely N-dealkylation sites (tertiary alicyclic amines) is 1. The quantitative estimate of drug-likeness (QED) is 0.0606. The number of imidazole rings is 1. The first-order valence-electron chi connectivity index (χ1n) is 24.0. The number of alkyl halides is 3. The van der Waals surface area contributed by atoms with Crippen molar-refractivity contribution in [2.24, 2.45) is 0 Å². The molecule has 0 radical (unpaired) electrons. The van der Waals surface area contributed by atoms with Crippen LogP contribution in [0.25, 0.3) is 5.65 Å². The van der Waals surface area contributed by atoms with Crippen LogP contribution in [0, 0.1) is 18.8 Å². The van der Waals surface area contributed by atoms with Crippen molar-refractivity contribution in [1.29, 1.82) is 0 Å². The molecule has 16 nitrogen and oxygen atoms in total. The van der Waals surface area contributed by atoms with Gasteiger partial charge in [-0.15, -0.1) is 5.10 Å². The van der Waals surface area contributed by atoms with Crippen LogP contribution in [0.5, 0.6) is 0 Å². The summed E-state index contributed by atoms with van der Waals surface area (Å²) >= 11 is 5.91. The average molecular weight is 1010 g/mol. The SMILES string of the molecule is Cc1c(C#Cc2cnc3ccc(N4CCC(OC5CCN(C(=O)CCCCCNc6cccc7c6C(=O)N(C6CCC(=O)NC6=O)C7=O)CC5)CC4)nn23)cccc1C(=O)Nc1cc(Cl)cc(C(F)(F)F)c1. The Kier molecular flexibility index (Phi) is 14.6. The zero-order valence-corrected chi connectivity index (χ0v) is 40.1. The fourth-order valence-corrected chi connectivity index (χ4v) is 9.88. The summed E-state index contributed by atoms with van der Waals surface area (Å²) in [5.41, 5.74) is 2.38. The van der Waals surface area contributed by atoms with Gasteiger partial charge in [0.25, 0.3) is 17.7 Å². The fourth-order valence-electron chi connectivity index (χ4n) is 9.65. The first-order valence-corrected chi connectivity index (χ1v) is 24.4. The highest BCUT2D eigenvalue weighted by atomic mass is 35.5. The molecule has 72 heavy (non-hydrogen) atoms. The number of halogens is 4. The highest BCUT2D eigenvalue weighted by Gasteiger charge is 2.45. The van der Waals surface area contributed by atoms with Gasteiger partial charge in [-0.2, -0.15) is 13.2 Å². The van der Waals surface area contributed by atoms with Crippen LogP contribution in [0.3, 0.4) is 0 Å². The monoisotopic (exact) mass is 1010 g/mol. The lowest BCUT2D eigenvalue weighted by Gasteiger charge is -2.37. The molecular formula is C52H51ClF3N9O7. The lowest BCUT2D eigenvalue weighted by Crippen LogP contribution is -2.54. The normalized spacial score (nSPS) is 17.7. The number of nitrogens with one attached hydrogen (secondary N) is 3. The largest absolute Gasteiger partial charge is 0.416 e. The van der Waals surface area contributed by atoms with Crippen LogP contribution in [-0.2, 0) is 25.3 Å². The minimum Gasteiger partial charge on any atom is -0.384 e. The molecule has 0 aliphatic carbocycles. The van der Waals surface area contributed by atoms with Gasteiger partial charge < -0.3 is 25.2 Å². The third-order valence-corrected chi connectivity index (χ3v) is 13.7. The summed E-state index contributed by atoms with van der Waals surface area (Å²) in [4.78, 5) is 86.5. The number of nitrogens with zero attached hydrogens (tertiary/aromatic N) is 6. The summed E-state index contributed by atoms with van der Waals surface area (Å²) in [5.74, 6) is 4.34. The molecule has 3 aromatic carbocycles. The van der Waals surface area contributed by atoms with Gasteiger partial charge in [-0.05, 0) is 118 Å². The van der Waals surface area contributed by atoms with E-state index in [0.29, 0.717) is 60.6 Å². The molecule has 9 rings (SSSR count). The van der Waals surface area contributed by atoms with Crippen molar-refractivity contribution >= 4 is 69.9 Å². The van der Waals surface area contributed by atoms with E-state index in [1.165, 1.54) is 6.07 Å². The molecule has 3 saturated heterocycles. The van der Waals surface area contributed by atoms with Crippen molar-refractivity contribution in [2.75, 3.05) is 48.3 Å². The number of benzene rings is 3. The summed E-state index contributed by atoms with van der Waals surface area (Å²) in [5, 5.41) is 12.7. The number of amides is 6. The van der Waals surface area contributed by atoms with Gasteiger partial charge in [-0.1, -0.05) is 36.1 Å². The molecule has 2 aromatic heterocycles. The molecule has 0 spiro atoms. The number of rotatable bonds is 13. The Labute approximate surface area is 417 Å². The third kappa shape index (κ3) is 10.9. The van der Waals surface area contributed by atoms with Gasteiger partial charge in [0.1, 0.15) is 17.6 Å². The molecule has 1 atom stereocenters. The molecule has 0 saturated carbocycles. The molecular weight excluding hydrogens is 955 g/mol. The standard InChI is InChI=1S/C52H51ClF3N9O7/c1-31-32(7-5-8-39(31)48(68)59-35-28-33(52(54,55)56)27-34(53)29-35)12-13-36-30-58-43-15-16-44(61-65(36)43)62-23-18-37(19-24-62)72-38-20-25-63(26-21-38)46(67)11-3-2-4-22-57-41-10-6-9-40-47(41)51(71)64(50(40)70)42-14-17-45(66)60-49(42)69/h5-10,15-16,27-30,37-38,42,57H,2-4,11,14,17-26H2,1H3,(H,59,68)(H,60,66,69). The number of unbranched alkanes of at least 4 members (excludes halogenated alkanes) is 2. The van der Waals surface area contributed by atoms with Gasteiger partial charge in [0.05, 0.1) is 35.1 Å². The highest BCUT2D eigenvalue weighted by Crippen LogP contribution is 2.35. The number of ether oxygens (including phenoxy) is 1. The number of aromatic nitrogens is 3. The number of hydrogen-bond acceptors (Lipinski definition) is 11. The lowest BCUT2D eigenvalue weighted by molar-refractivity contribution is -0.138. The summed E-state index contributed by atoms with van der Waals surface area (Å²) in [6.45, 7) is 5.01. The van der Waals surface area contributed by atoms with Crippen LogP contribution >= 0.6 is 11.6 Å². The summed E-state index contributed by atoms with van der Waals surface area (Å²) < 4.78 is 48.3. The van der Waals surface area contributed by atoms with Crippen molar-refractivity contribution in [3.63, 3.8) is 0 Å². The van der Waals surface area contributed by atoms with Gasteiger partial charge in [0.2, 0.25) is 17.7 Å². The van der Waals surface area contributed by atoms with Crippen molar-refractivity contribution in [3.8, 4) is 11.8 Å². The smallest absolute Gasteiger partial charge is 0.384 e. The van der Waals surface area contributed by atoms with E-state index in [9.17, 15) is 41.9 Å². The van der Waals surface area contributed by atoms with E-state index in [1.807, 2.05) is 17.0 Å². The molecule has 3 N–H and O–H groups in total. The second-order valence-electron chi connectivity index (χ2n) is 18.3. The average Bonchev–Trinajstić information content (AvgIpc) is 3.88. The Balaban J connectivity index is 0.697. The van der Waals surface area contributed by atoms with Crippen LogP contribution in [0.2, 0.25) is 5.02 Å². The highest BCUT2D eigenvalue weighted by molar-refractivity contribution is 6.31. The van der Waals surface area contributed by atoms with Crippen LogP contribution in [0.4, 0.5) is 30.4 Å². The molecule has 5 aromatic rings. The van der Waals surface area contributed by atoms with Crippen LogP contribution in [-0.4, -0.2) is 111 Å². The van der Waals surface area contributed by atoms with Crippen LogP contribution < -0.4 is 20.9 Å². The van der Waals surface area contributed by atoms with Crippen LogP contribution in [0.1, 0.15) is 118 Å². The number of fused-ring (bicyclic) bond motifs is 2. The van der Waals surface area contributed by atoms with E-state index in [-0.39, 0.29) is 58.4 Å². The van der Waals surface area contributed by atoms with E-state index in [2.05, 4.69) is 37.7 Å². The van der Waals surface area contributed by atoms with Gasteiger partial charge in [0.15, 0.2) is 5.65 Å². The maximum Gasteiger partial charge on any atom is 0.416 e. The number of carbonyl (C=O) groups is 6. The van der Waals surface area contributed by atoms with Crippen LogP contribution in [0.15, 0.2) is 72.9 Å². The maximum absolute atomic E-state index is 13.4. The second kappa shape index (κ2) is 21.2. The van der Waals surface area contributed by atoms with Crippen molar-refractivity contribution in [3.05, 3.63) is 117 Å². The fraction of sp³-hybridized carbons (Fsp3) is 0.385. The minimum absolute atomic E-state index is 0.0522. The molecule has 0 bridgehead atoms. The maximum atomic E-state index is 13.4. The summed E-state index contributed by atoms with van der Waals surface area (Å²) in [6, 6.07) is 15.6. The molecule has 4 aliphatic heterocycles. The third-order valence-electron chi connectivity index (χ3n) is 13.5. The number of imide groups is 2. The number of hydrogen-bond donors (Lipinski definition) is 3. The first-order chi connectivity index (χ1) is 34.6. The molecule has 4 aliphatic rings. The predicted molar refractivity (Wildman–Crippen MR) is 261 cm³/mol. The summed E-state index contributed by atoms with van der Waals surface area (Å²) in [7, 11) is 0. The molecule has 6 amide bonds. The van der Waals surface area contributed by atoms with Crippen molar-refractivity contribution < 1.29 is 46.7 Å². The first kappa shape index (κ1) is 49.7. The number of piperidine rings is 3. The van der Waals surface area contributed by atoms with E-state index < -0.39 is 47.3 Å². The molecule has 20 heteroatoms. The summed E-state index contributed by atoms with van der Waals surface area (Å²) in [6.07, 6.45) is 3.16. The molecule has 1 unspecified atom stereocenters. The molecule has 374 valence electrons. The molecule has 3 fully saturated rings. The van der Waals surface area contributed by atoms with E-state index in [0.717, 1.165) is 74.5 Å². The van der Waals surface area contributed by atoms with Gasteiger partial charge in [-0.25, -0.2) is 9.50 Å². The Bertz CT molecular complexity index is 3030. The zero-order valence-electron chi connectivity index (χ0n) is 39.3.